The molecule has 0 radical (unpaired) electrons. The van der Waals surface area contributed by atoms with E-state index in [1.807, 2.05) is 12.1 Å². The number of likely N-dealkylation sites (tertiary alicyclic amines) is 1. The molecule has 0 aromatic heterocycles. The molecule has 2 aromatic rings. The molecule has 0 atom stereocenters. The molecule has 4 rings (SSSR count). The second-order valence-electron chi connectivity index (χ2n) is 9.75. The first-order valence-electron chi connectivity index (χ1n) is 12.2. The first-order chi connectivity index (χ1) is 16.6. The van der Waals surface area contributed by atoms with E-state index in [1.54, 1.807) is 24.3 Å². The van der Waals surface area contributed by atoms with Crippen LogP contribution >= 0.6 is 12.4 Å². The molecule has 2 aliphatic rings. The molecule has 36 heavy (non-hydrogen) atoms. The van der Waals surface area contributed by atoms with Crippen LogP contribution in [-0.2, 0) is 29.1 Å². The van der Waals surface area contributed by atoms with Crippen molar-refractivity contribution in [2.75, 3.05) is 45.5 Å². The number of nitrogens with zero attached hydrogens (tertiary/aromatic N) is 3. The van der Waals surface area contributed by atoms with Gasteiger partial charge >= 0.3 is 6.18 Å². The highest BCUT2D eigenvalue weighted by Gasteiger charge is 2.30. The Kier molecular flexibility index (Phi) is 9.85. The molecule has 200 valence electrons. The Hall–Kier alpha value is -1.65. The highest BCUT2D eigenvalue weighted by Crippen LogP contribution is 2.29. The van der Waals surface area contributed by atoms with Gasteiger partial charge in [0.25, 0.3) is 0 Å². The summed E-state index contributed by atoms with van der Waals surface area (Å²) >= 11 is 0. The molecule has 0 amide bonds. The number of piperidine rings is 1. The van der Waals surface area contributed by atoms with Gasteiger partial charge in [0.05, 0.1) is 10.5 Å². The van der Waals surface area contributed by atoms with Crippen LogP contribution < -0.4 is 0 Å². The van der Waals surface area contributed by atoms with Crippen molar-refractivity contribution < 1.29 is 21.6 Å². The minimum Gasteiger partial charge on any atom is -0.299 e. The Bertz CT molecular complexity index is 1090. The van der Waals surface area contributed by atoms with E-state index in [4.69, 9.17) is 0 Å². The zero-order valence-corrected chi connectivity index (χ0v) is 22.2. The highest BCUT2D eigenvalue weighted by molar-refractivity contribution is 7.90. The number of alkyl halides is 3. The Morgan fingerprint density at radius 3 is 2.11 bits per heavy atom. The van der Waals surface area contributed by atoms with Crippen molar-refractivity contribution in [3.8, 4) is 0 Å². The summed E-state index contributed by atoms with van der Waals surface area (Å²) < 4.78 is 62.6. The normalized spacial score (nSPS) is 19.6. The monoisotopic (exact) mass is 545 g/mol. The van der Waals surface area contributed by atoms with E-state index >= 15 is 0 Å². The van der Waals surface area contributed by atoms with Crippen molar-refractivity contribution in [3.63, 3.8) is 0 Å². The highest BCUT2D eigenvalue weighted by atomic mass is 35.5. The molecule has 0 aliphatic carbocycles. The Labute approximate surface area is 218 Å². The molecule has 2 heterocycles. The minimum atomic E-state index is -4.30. The number of hydrogen-bond acceptors (Lipinski definition) is 5. The second-order valence-corrected chi connectivity index (χ2v) is 11.7. The van der Waals surface area contributed by atoms with Crippen LogP contribution in [0.1, 0.15) is 36.0 Å². The molecule has 2 saturated heterocycles. The predicted octanol–water partition coefficient (Wildman–Crippen LogP) is 4.70. The molecular formula is C26H35ClF3N3O2S. The maximum Gasteiger partial charge on any atom is 0.416 e. The summed E-state index contributed by atoms with van der Waals surface area (Å²) in [6, 6.07) is 13.3. The van der Waals surface area contributed by atoms with Crippen molar-refractivity contribution in [3.05, 3.63) is 65.2 Å². The lowest BCUT2D eigenvalue weighted by atomic mass is 10.0. The number of rotatable bonds is 6. The van der Waals surface area contributed by atoms with Gasteiger partial charge in [0.1, 0.15) is 0 Å². The quantitative estimate of drug-likeness (QED) is 0.526. The molecule has 5 nitrogen and oxygen atoms in total. The Morgan fingerprint density at radius 2 is 1.47 bits per heavy atom. The molecule has 10 heteroatoms. The van der Waals surface area contributed by atoms with E-state index in [9.17, 15) is 21.6 Å². The molecule has 2 aliphatic heterocycles. The number of benzene rings is 2. The second kappa shape index (κ2) is 12.3. The summed E-state index contributed by atoms with van der Waals surface area (Å²) in [5, 5.41) is 0. The number of halogens is 4. The van der Waals surface area contributed by atoms with E-state index in [0.717, 1.165) is 69.7 Å². The van der Waals surface area contributed by atoms with Crippen molar-refractivity contribution in [2.45, 2.75) is 49.5 Å². The lowest BCUT2D eigenvalue weighted by Crippen LogP contribution is -2.46. The summed E-state index contributed by atoms with van der Waals surface area (Å²) in [7, 11) is -3.24. The summed E-state index contributed by atoms with van der Waals surface area (Å²) in [5.41, 5.74) is 1.17. The zero-order valence-electron chi connectivity index (χ0n) is 20.6. The fourth-order valence-corrected chi connectivity index (χ4v) is 6.19. The Morgan fingerprint density at radius 1 is 0.833 bits per heavy atom. The molecule has 2 fully saturated rings. The first-order valence-corrected chi connectivity index (χ1v) is 14.1. The van der Waals surface area contributed by atoms with Gasteiger partial charge in [0, 0.05) is 38.5 Å². The maximum atomic E-state index is 12.8. The largest absolute Gasteiger partial charge is 0.416 e. The van der Waals surface area contributed by atoms with Crippen LogP contribution in [0.15, 0.2) is 53.4 Å². The fourth-order valence-electron chi connectivity index (χ4n) is 5.25. The lowest BCUT2D eigenvalue weighted by molar-refractivity contribution is -0.137. The smallest absolute Gasteiger partial charge is 0.299 e. The van der Waals surface area contributed by atoms with Gasteiger partial charge in [0.2, 0.25) is 0 Å². The summed E-state index contributed by atoms with van der Waals surface area (Å²) in [4.78, 5) is 7.66. The van der Waals surface area contributed by atoms with Crippen molar-refractivity contribution in [1.29, 1.82) is 0 Å². The summed E-state index contributed by atoms with van der Waals surface area (Å²) in [6.07, 6.45) is 0.120. The van der Waals surface area contributed by atoms with E-state index in [2.05, 4.69) is 14.7 Å². The van der Waals surface area contributed by atoms with E-state index < -0.39 is 21.6 Å². The zero-order chi connectivity index (χ0) is 25.1. The van der Waals surface area contributed by atoms with Gasteiger partial charge in [0.15, 0.2) is 9.84 Å². The van der Waals surface area contributed by atoms with Crippen molar-refractivity contribution >= 4 is 22.2 Å². The molecule has 0 unspecified atom stereocenters. The third-order valence-corrected chi connectivity index (χ3v) is 8.35. The lowest BCUT2D eigenvalue weighted by Gasteiger charge is -2.38. The van der Waals surface area contributed by atoms with Gasteiger partial charge in [-0.05, 0) is 74.8 Å². The predicted molar refractivity (Wildman–Crippen MR) is 138 cm³/mol. The van der Waals surface area contributed by atoms with E-state index in [1.165, 1.54) is 18.4 Å². The molecular weight excluding hydrogens is 511 g/mol. The Balaban J connectivity index is 0.00000361. The topological polar surface area (TPSA) is 43.9 Å². The number of sulfone groups is 1. The minimum absolute atomic E-state index is 0. The first kappa shape index (κ1) is 28.9. The average molecular weight is 546 g/mol. The molecule has 0 N–H and O–H groups in total. The van der Waals surface area contributed by atoms with E-state index in [0.29, 0.717) is 24.0 Å². The maximum absolute atomic E-state index is 12.8. The van der Waals surface area contributed by atoms with Crippen molar-refractivity contribution in [2.24, 2.45) is 0 Å². The van der Waals surface area contributed by atoms with Gasteiger partial charge in [-0.25, -0.2) is 8.42 Å². The van der Waals surface area contributed by atoms with Gasteiger partial charge in [-0.15, -0.1) is 12.4 Å². The van der Waals surface area contributed by atoms with Gasteiger partial charge < -0.3 is 0 Å². The third-order valence-electron chi connectivity index (χ3n) is 7.15. The molecule has 0 spiro atoms. The summed E-state index contributed by atoms with van der Waals surface area (Å²) in [6.45, 7) is 7.04. The van der Waals surface area contributed by atoms with Crippen LogP contribution in [0.2, 0.25) is 0 Å². The fraction of sp³-hybridized carbons (Fsp3) is 0.538. The van der Waals surface area contributed by atoms with Gasteiger partial charge in [-0.3, -0.25) is 14.7 Å². The molecule has 0 bridgehead atoms. The van der Waals surface area contributed by atoms with Crippen LogP contribution in [0.4, 0.5) is 13.2 Å². The van der Waals surface area contributed by atoms with Crippen molar-refractivity contribution in [1.82, 2.24) is 14.7 Å². The SMILES string of the molecule is CS(=O)(=O)c1ccccc1CN1CCC(N2CCCN(Cc3ccc(C(F)(F)F)cc3)CC2)CC1.Cl. The van der Waals surface area contributed by atoms with Crippen LogP contribution in [-0.4, -0.2) is 74.7 Å². The van der Waals surface area contributed by atoms with Gasteiger partial charge in [-0.1, -0.05) is 30.3 Å². The number of hydrogen-bond donors (Lipinski definition) is 0. The van der Waals surface area contributed by atoms with E-state index in [-0.39, 0.29) is 12.4 Å². The van der Waals surface area contributed by atoms with Gasteiger partial charge in [-0.2, -0.15) is 13.2 Å². The molecule has 2 aromatic carbocycles. The van der Waals surface area contributed by atoms with Crippen LogP contribution in [0.5, 0.6) is 0 Å². The van der Waals surface area contributed by atoms with Crippen LogP contribution in [0.25, 0.3) is 0 Å². The standard InChI is InChI=1S/C26H34F3N3O2S.ClH/c1-35(33,34)25-6-3-2-5-22(25)20-31-15-11-24(12-16-31)32-14-4-13-30(17-18-32)19-21-7-9-23(10-8-21)26(27,28)29;/h2-3,5-10,24H,4,11-20H2,1H3;1H. The molecule has 0 saturated carbocycles. The third kappa shape index (κ3) is 7.68. The van der Waals surface area contributed by atoms with Crippen LogP contribution in [0.3, 0.4) is 0 Å². The van der Waals surface area contributed by atoms with Crippen LogP contribution in [0, 0.1) is 0 Å². The average Bonchev–Trinajstić information content (AvgIpc) is 3.05. The summed E-state index contributed by atoms with van der Waals surface area (Å²) in [5.74, 6) is 0.